The van der Waals surface area contributed by atoms with Gasteiger partial charge in [-0.05, 0) is 62.9 Å². The first-order chi connectivity index (χ1) is 9.74. The average Bonchev–Trinajstić information content (AvgIpc) is 2.91. The van der Waals surface area contributed by atoms with Crippen molar-refractivity contribution in [1.82, 2.24) is 5.32 Å². The zero-order valence-electron chi connectivity index (χ0n) is 12.7. The van der Waals surface area contributed by atoms with Crippen molar-refractivity contribution in [2.45, 2.75) is 45.6 Å². The standard InChI is InChI=1S/C17H27FN2/c1-3-12-19-17-7-5-6-14(17)13-20(4-2)16-10-8-15(18)9-11-16/h8-11,14,17,19H,3-7,12-13H2,1-2H3. The molecule has 0 saturated heterocycles. The second-order valence-electron chi connectivity index (χ2n) is 5.77. The van der Waals surface area contributed by atoms with Crippen LogP contribution in [0, 0.1) is 11.7 Å². The van der Waals surface area contributed by atoms with Crippen molar-refractivity contribution in [3.63, 3.8) is 0 Å². The van der Waals surface area contributed by atoms with E-state index in [4.69, 9.17) is 0 Å². The van der Waals surface area contributed by atoms with Crippen LogP contribution >= 0.6 is 0 Å². The minimum Gasteiger partial charge on any atom is -0.371 e. The topological polar surface area (TPSA) is 15.3 Å². The lowest BCUT2D eigenvalue weighted by Crippen LogP contribution is -2.39. The zero-order chi connectivity index (χ0) is 14.4. The highest BCUT2D eigenvalue weighted by Crippen LogP contribution is 2.28. The molecule has 1 N–H and O–H groups in total. The maximum absolute atomic E-state index is 13.0. The van der Waals surface area contributed by atoms with Gasteiger partial charge in [-0.15, -0.1) is 0 Å². The van der Waals surface area contributed by atoms with E-state index >= 15 is 0 Å². The molecule has 0 radical (unpaired) electrons. The van der Waals surface area contributed by atoms with Crippen molar-refractivity contribution < 1.29 is 4.39 Å². The van der Waals surface area contributed by atoms with Gasteiger partial charge >= 0.3 is 0 Å². The molecule has 2 atom stereocenters. The van der Waals surface area contributed by atoms with E-state index in [1.807, 2.05) is 12.1 Å². The molecule has 1 aliphatic rings. The van der Waals surface area contributed by atoms with Crippen LogP contribution in [0.5, 0.6) is 0 Å². The summed E-state index contributed by atoms with van der Waals surface area (Å²) in [6, 6.07) is 7.55. The van der Waals surface area contributed by atoms with Gasteiger partial charge in [0.05, 0.1) is 0 Å². The first-order valence-corrected chi connectivity index (χ1v) is 7.98. The van der Waals surface area contributed by atoms with Gasteiger partial charge in [0.25, 0.3) is 0 Å². The maximum atomic E-state index is 13.0. The Morgan fingerprint density at radius 3 is 2.60 bits per heavy atom. The van der Waals surface area contributed by atoms with Crippen LogP contribution in [0.4, 0.5) is 10.1 Å². The van der Waals surface area contributed by atoms with Crippen LogP contribution in [0.2, 0.25) is 0 Å². The van der Waals surface area contributed by atoms with Crippen LogP contribution in [-0.2, 0) is 0 Å². The first kappa shape index (κ1) is 15.3. The van der Waals surface area contributed by atoms with Crippen LogP contribution in [-0.4, -0.2) is 25.7 Å². The number of nitrogens with zero attached hydrogens (tertiary/aromatic N) is 1. The second kappa shape index (κ2) is 7.63. The maximum Gasteiger partial charge on any atom is 0.123 e. The highest BCUT2D eigenvalue weighted by molar-refractivity contribution is 5.46. The molecule has 2 nitrogen and oxygen atoms in total. The molecule has 2 rings (SSSR count). The van der Waals surface area contributed by atoms with E-state index in [1.54, 1.807) is 12.1 Å². The molecule has 3 heteroatoms. The lowest BCUT2D eigenvalue weighted by Gasteiger charge is -2.30. The van der Waals surface area contributed by atoms with Crippen LogP contribution in [0.15, 0.2) is 24.3 Å². The second-order valence-corrected chi connectivity index (χ2v) is 5.77. The monoisotopic (exact) mass is 278 g/mol. The molecular weight excluding hydrogens is 251 g/mol. The van der Waals surface area contributed by atoms with E-state index in [-0.39, 0.29) is 5.82 Å². The minimum absolute atomic E-state index is 0.159. The third kappa shape index (κ3) is 3.95. The van der Waals surface area contributed by atoms with Crippen molar-refractivity contribution in [2.24, 2.45) is 5.92 Å². The molecule has 0 bridgehead atoms. The number of halogens is 1. The molecule has 1 fully saturated rings. The average molecular weight is 278 g/mol. The molecule has 0 amide bonds. The van der Waals surface area contributed by atoms with E-state index in [1.165, 1.54) is 25.7 Å². The number of rotatable bonds is 7. The Labute approximate surface area is 122 Å². The summed E-state index contributed by atoms with van der Waals surface area (Å²) in [7, 11) is 0. The smallest absolute Gasteiger partial charge is 0.123 e. The molecule has 0 aliphatic heterocycles. The van der Waals surface area contributed by atoms with E-state index in [9.17, 15) is 4.39 Å². The predicted octanol–water partition coefficient (Wildman–Crippen LogP) is 3.82. The van der Waals surface area contributed by atoms with Crippen LogP contribution < -0.4 is 10.2 Å². The number of benzene rings is 1. The SMILES string of the molecule is CCCNC1CCCC1CN(CC)c1ccc(F)cc1. The molecule has 0 aromatic heterocycles. The minimum atomic E-state index is -0.159. The Morgan fingerprint density at radius 2 is 1.95 bits per heavy atom. The lowest BCUT2D eigenvalue weighted by atomic mass is 10.0. The third-order valence-electron chi connectivity index (χ3n) is 4.34. The number of nitrogens with one attached hydrogen (secondary N) is 1. The highest BCUT2D eigenvalue weighted by atomic mass is 19.1. The van der Waals surface area contributed by atoms with E-state index in [0.29, 0.717) is 12.0 Å². The summed E-state index contributed by atoms with van der Waals surface area (Å²) in [5.74, 6) is 0.555. The van der Waals surface area contributed by atoms with Gasteiger partial charge in [0.2, 0.25) is 0 Å². The fourth-order valence-electron chi connectivity index (χ4n) is 3.21. The normalized spacial score (nSPS) is 22.1. The van der Waals surface area contributed by atoms with Gasteiger partial charge in [-0.1, -0.05) is 13.3 Å². The Bertz CT molecular complexity index is 390. The fourth-order valence-corrected chi connectivity index (χ4v) is 3.21. The molecule has 0 spiro atoms. The summed E-state index contributed by atoms with van der Waals surface area (Å²) in [6.45, 7) is 7.55. The zero-order valence-corrected chi connectivity index (χ0v) is 12.7. The lowest BCUT2D eigenvalue weighted by molar-refractivity contribution is 0.400. The predicted molar refractivity (Wildman–Crippen MR) is 83.7 cm³/mol. The van der Waals surface area contributed by atoms with Gasteiger partial charge in [0.1, 0.15) is 5.82 Å². The van der Waals surface area contributed by atoms with Crippen LogP contribution in [0.25, 0.3) is 0 Å². The van der Waals surface area contributed by atoms with E-state index in [0.717, 1.165) is 25.3 Å². The largest absolute Gasteiger partial charge is 0.371 e. The summed E-state index contributed by atoms with van der Waals surface area (Å²) in [4.78, 5) is 2.37. The molecule has 1 aromatic rings. The molecule has 20 heavy (non-hydrogen) atoms. The molecule has 112 valence electrons. The van der Waals surface area contributed by atoms with Crippen molar-refractivity contribution in [2.75, 3.05) is 24.5 Å². The summed E-state index contributed by atoms with van der Waals surface area (Å²) >= 11 is 0. The van der Waals surface area contributed by atoms with Gasteiger partial charge in [-0.2, -0.15) is 0 Å². The number of hydrogen-bond donors (Lipinski definition) is 1. The Kier molecular flexibility index (Phi) is 5.84. The molecule has 2 unspecified atom stereocenters. The Morgan fingerprint density at radius 1 is 1.20 bits per heavy atom. The van der Waals surface area contributed by atoms with E-state index in [2.05, 4.69) is 24.1 Å². The van der Waals surface area contributed by atoms with Gasteiger partial charge < -0.3 is 10.2 Å². The van der Waals surface area contributed by atoms with Crippen molar-refractivity contribution >= 4 is 5.69 Å². The summed E-state index contributed by atoms with van der Waals surface area (Å²) in [5, 5.41) is 3.68. The number of hydrogen-bond acceptors (Lipinski definition) is 2. The first-order valence-electron chi connectivity index (χ1n) is 7.98. The molecule has 1 aliphatic carbocycles. The van der Waals surface area contributed by atoms with Gasteiger partial charge in [-0.3, -0.25) is 0 Å². The Hall–Kier alpha value is -1.09. The van der Waals surface area contributed by atoms with Crippen molar-refractivity contribution in [3.8, 4) is 0 Å². The van der Waals surface area contributed by atoms with Gasteiger partial charge in [-0.25, -0.2) is 4.39 Å². The summed E-state index contributed by atoms with van der Waals surface area (Å²) < 4.78 is 13.0. The van der Waals surface area contributed by atoms with E-state index < -0.39 is 0 Å². The van der Waals surface area contributed by atoms with Crippen LogP contribution in [0.3, 0.4) is 0 Å². The van der Waals surface area contributed by atoms with Gasteiger partial charge in [0, 0.05) is 24.8 Å². The van der Waals surface area contributed by atoms with Gasteiger partial charge in [0.15, 0.2) is 0 Å². The molecular formula is C17H27FN2. The quantitative estimate of drug-likeness (QED) is 0.815. The fraction of sp³-hybridized carbons (Fsp3) is 0.647. The van der Waals surface area contributed by atoms with Crippen molar-refractivity contribution in [3.05, 3.63) is 30.1 Å². The molecule has 1 saturated carbocycles. The summed E-state index contributed by atoms with van der Waals surface area (Å²) in [5.41, 5.74) is 1.13. The highest BCUT2D eigenvalue weighted by Gasteiger charge is 2.28. The number of anilines is 1. The molecule has 1 aromatic carbocycles. The van der Waals surface area contributed by atoms with Crippen LogP contribution in [0.1, 0.15) is 39.5 Å². The van der Waals surface area contributed by atoms with Crippen molar-refractivity contribution in [1.29, 1.82) is 0 Å². The molecule has 0 heterocycles. The third-order valence-corrected chi connectivity index (χ3v) is 4.34. The Balaban J connectivity index is 1.96. The summed E-state index contributed by atoms with van der Waals surface area (Å²) in [6.07, 6.45) is 5.12.